The molecule has 0 radical (unpaired) electrons. The minimum Gasteiger partial charge on any atom is -0.261 e. The molecule has 0 aliphatic carbocycles. The lowest BCUT2D eigenvalue weighted by Crippen LogP contribution is -1.93. The first-order valence-electron chi connectivity index (χ1n) is 3.87. The molecule has 2 heteroatoms. The van der Waals surface area contributed by atoms with E-state index in [1.165, 1.54) is 11.3 Å². The Balaban J connectivity index is 2.83. The summed E-state index contributed by atoms with van der Waals surface area (Å²) in [6.07, 6.45) is 4.11. The average molecular weight is 214 g/mol. The minimum absolute atomic E-state index is 0.913. The Morgan fingerprint density at radius 2 is 2.36 bits per heavy atom. The smallest absolute Gasteiger partial charge is 0.0443 e. The molecule has 0 bridgehead atoms. The molecule has 1 nitrogen and oxygen atoms in total. The number of alkyl halides is 1. The van der Waals surface area contributed by atoms with Crippen molar-refractivity contribution in [3.8, 4) is 0 Å². The van der Waals surface area contributed by atoms with Crippen LogP contribution in [0.3, 0.4) is 0 Å². The number of aromatic nitrogens is 1. The number of hydrogen-bond donors (Lipinski definition) is 0. The molecule has 0 fully saturated rings. The predicted molar refractivity (Wildman–Crippen MR) is 50.9 cm³/mol. The van der Waals surface area contributed by atoms with Gasteiger partial charge in [-0.1, -0.05) is 35.3 Å². The van der Waals surface area contributed by atoms with E-state index >= 15 is 0 Å². The zero-order chi connectivity index (χ0) is 8.10. The molecule has 60 valence electrons. The van der Waals surface area contributed by atoms with Gasteiger partial charge in [0.05, 0.1) is 0 Å². The second kappa shape index (κ2) is 4.50. The maximum Gasteiger partial charge on any atom is 0.0443 e. The first kappa shape index (κ1) is 8.72. The van der Waals surface area contributed by atoms with Gasteiger partial charge in [-0.15, -0.1) is 0 Å². The highest BCUT2D eigenvalue weighted by molar-refractivity contribution is 9.08. The fraction of sp³-hybridized carbons (Fsp3) is 0.444. The number of aryl methyl sites for hydroxylation is 1. The molecule has 1 heterocycles. The molecular weight excluding hydrogens is 202 g/mol. The van der Waals surface area contributed by atoms with Crippen molar-refractivity contribution in [2.75, 3.05) is 0 Å². The first-order chi connectivity index (χ1) is 5.38. The van der Waals surface area contributed by atoms with Gasteiger partial charge in [-0.3, -0.25) is 4.98 Å². The SMILES string of the molecule is CCCc1ncccc1CBr. The molecule has 1 aromatic heterocycles. The summed E-state index contributed by atoms with van der Waals surface area (Å²) in [6.45, 7) is 2.17. The van der Waals surface area contributed by atoms with Crippen molar-refractivity contribution in [2.24, 2.45) is 0 Å². The van der Waals surface area contributed by atoms with Gasteiger partial charge in [-0.05, 0) is 18.1 Å². The molecule has 0 saturated heterocycles. The molecule has 0 amide bonds. The molecule has 0 unspecified atom stereocenters. The van der Waals surface area contributed by atoms with Crippen LogP contribution in [0.4, 0.5) is 0 Å². The standard InChI is InChI=1S/C9H12BrN/c1-2-4-9-8(7-10)5-3-6-11-9/h3,5-6H,2,4,7H2,1H3. The lowest BCUT2D eigenvalue weighted by Gasteiger charge is -2.02. The maximum atomic E-state index is 4.31. The van der Waals surface area contributed by atoms with Gasteiger partial charge >= 0.3 is 0 Å². The summed E-state index contributed by atoms with van der Waals surface area (Å²) in [6, 6.07) is 4.10. The van der Waals surface area contributed by atoms with Gasteiger partial charge in [0.15, 0.2) is 0 Å². The fourth-order valence-electron chi connectivity index (χ4n) is 1.05. The maximum absolute atomic E-state index is 4.31. The van der Waals surface area contributed by atoms with Gasteiger partial charge in [0.1, 0.15) is 0 Å². The number of nitrogens with zero attached hydrogens (tertiary/aromatic N) is 1. The van der Waals surface area contributed by atoms with Crippen LogP contribution >= 0.6 is 15.9 Å². The van der Waals surface area contributed by atoms with Crippen LogP contribution in [0.15, 0.2) is 18.3 Å². The quantitative estimate of drug-likeness (QED) is 0.705. The van der Waals surface area contributed by atoms with Crippen LogP contribution in [0.2, 0.25) is 0 Å². The topological polar surface area (TPSA) is 12.9 Å². The zero-order valence-electron chi connectivity index (χ0n) is 6.68. The molecule has 1 aromatic rings. The molecule has 0 atom stereocenters. The van der Waals surface area contributed by atoms with E-state index in [0.29, 0.717) is 0 Å². The molecular formula is C9H12BrN. The first-order valence-corrected chi connectivity index (χ1v) is 4.99. The zero-order valence-corrected chi connectivity index (χ0v) is 8.26. The lowest BCUT2D eigenvalue weighted by atomic mass is 10.1. The van der Waals surface area contributed by atoms with E-state index in [-0.39, 0.29) is 0 Å². The van der Waals surface area contributed by atoms with Crippen LogP contribution in [0.5, 0.6) is 0 Å². The van der Waals surface area contributed by atoms with Crippen LogP contribution in [0, 0.1) is 0 Å². The molecule has 1 rings (SSSR count). The fourth-order valence-corrected chi connectivity index (χ4v) is 1.57. The third-order valence-corrected chi connectivity index (χ3v) is 2.22. The highest BCUT2D eigenvalue weighted by atomic mass is 79.9. The summed E-state index contributed by atoms with van der Waals surface area (Å²) in [7, 11) is 0. The van der Waals surface area contributed by atoms with E-state index in [2.05, 4.69) is 33.9 Å². The number of halogens is 1. The summed E-state index contributed by atoms with van der Waals surface area (Å²) in [5.74, 6) is 0. The van der Waals surface area contributed by atoms with Gasteiger partial charge in [-0.25, -0.2) is 0 Å². The normalized spacial score (nSPS) is 10.0. The highest BCUT2D eigenvalue weighted by Gasteiger charge is 1.98. The molecule has 0 saturated carbocycles. The van der Waals surface area contributed by atoms with Gasteiger partial charge in [0, 0.05) is 17.2 Å². The molecule has 11 heavy (non-hydrogen) atoms. The molecule has 0 N–H and O–H groups in total. The van der Waals surface area contributed by atoms with Gasteiger partial charge in [-0.2, -0.15) is 0 Å². The Hall–Kier alpha value is -0.370. The summed E-state index contributed by atoms with van der Waals surface area (Å²) < 4.78 is 0. The third-order valence-electron chi connectivity index (χ3n) is 1.62. The van der Waals surface area contributed by atoms with Crippen LogP contribution in [0.1, 0.15) is 24.6 Å². The molecule has 0 aliphatic rings. The Morgan fingerprint density at radius 1 is 1.55 bits per heavy atom. The molecule has 0 aliphatic heterocycles. The van der Waals surface area contributed by atoms with Crippen molar-refractivity contribution in [1.29, 1.82) is 0 Å². The van der Waals surface area contributed by atoms with Crippen LogP contribution in [-0.4, -0.2) is 4.98 Å². The number of hydrogen-bond acceptors (Lipinski definition) is 1. The Kier molecular flexibility index (Phi) is 3.57. The van der Waals surface area contributed by atoms with E-state index in [4.69, 9.17) is 0 Å². The van der Waals surface area contributed by atoms with Crippen LogP contribution in [-0.2, 0) is 11.8 Å². The van der Waals surface area contributed by atoms with Crippen molar-refractivity contribution in [3.63, 3.8) is 0 Å². The van der Waals surface area contributed by atoms with Crippen molar-refractivity contribution in [3.05, 3.63) is 29.6 Å². The van der Waals surface area contributed by atoms with E-state index in [0.717, 1.165) is 18.2 Å². The highest BCUT2D eigenvalue weighted by Crippen LogP contribution is 2.10. The van der Waals surface area contributed by atoms with E-state index in [9.17, 15) is 0 Å². The van der Waals surface area contributed by atoms with Crippen molar-refractivity contribution in [1.82, 2.24) is 4.98 Å². The van der Waals surface area contributed by atoms with Crippen molar-refractivity contribution < 1.29 is 0 Å². The lowest BCUT2D eigenvalue weighted by molar-refractivity contribution is 0.870. The largest absolute Gasteiger partial charge is 0.261 e. The third kappa shape index (κ3) is 2.29. The second-order valence-electron chi connectivity index (χ2n) is 2.49. The van der Waals surface area contributed by atoms with Crippen LogP contribution < -0.4 is 0 Å². The van der Waals surface area contributed by atoms with E-state index < -0.39 is 0 Å². The minimum atomic E-state index is 0.913. The Morgan fingerprint density at radius 3 is 3.00 bits per heavy atom. The summed E-state index contributed by atoms with van der Waals surface area (Å²) in [5, 5.41) is 0.913. The van der Waals surface area contributed by atoms with E-state index in [1.54, 1.807) is 0 Å². The van der Waals surface area contributed by atoms with E-state index in [1.807, 2.05) is 12.3 Å². The summed E-state index contributed by atoms with van der Waals surface area (Å²) in [4.78, 5) is 4.31. The number of pyridine rings is 1. The molecule has 0 aromatic carbocycles. The van der Waals surface area contributed by atoms with Gasteiger partial charge in [0.2, 0.25) is 0 Å². The monoisotopic (exact) mass is 213 g/mol. The summed E-state index contributed by atoms with van der Waals surface area (Å²) >= 11 is 3.44. The molecule has 0 spiro atoms. The number of rotatable bonds is 3. The van der Waals surface area contributed by atoms with Crippen LogP contribution in [0.25, 0.3) is 0 Å². The average Bonchev–Trinajstić information content (AvgIpc) is 2.06. The van der Waals surface area contributed by atoms with Crippen molar-refractivity contribution >= 4 is 15.9 Å². The summed E-state index contributed by atoms with van der Waals surface area (Å²) in [5.41, 5.74) is 2.54. The van der Waals surface area contributed by atoms with Gasteiger partial charge < -0.3 is 0 Å². The predicted octanol–water partition coefficient (Wildman–Crippen LogP) is 2.93. The second-order valence-corrected chi connectivity index (χ2v) is 3.05. The van der Waals surface area contributed by atoms with Gasteiger partial charge in [0.25, 0.3) is 0 Å². The Bertz CT molecular complexity index is 223. The Labute approximate surface area is 76.0 Å². The van der Waals surface area contributed by atoms with Crippen molar-refractivity contribution in [2.45, 2.75) is 25.1 Å².